The number of ether oxygens (including phenoxy) is 1. The third kappa shape index (κ3) is 2.23. The van der Waals surface area contributed by atoms with E-state index in [0.717, 1.165) is 25.0 Å². The summed E-state index contributed by atoms with van der Waals surface area (Å²) in [5, 5.41) is 0. The van der Waals surface area contributed by atoms with E-state index in [1.807, 2.05) is 0 Å². The Hall–Kier alpha value is -0.0800. The first-order valence-electron chi connectivity index (χ1n) is 5.57. The first-order valence-corrected chi connectivity index (χ1v) is 5.57. The molecule has 0 aromatic carbocycles. The van der Waals surface area contributed by atoms with Gasteiger partial charge in [0.25, 0.3) is 0 Å². The van der Waals surface area contributed by atoms with Crippen LogP contribution in [-0.2, 0) is 4.74 Å². The summed E-state index contributed by atoms with van der Waals surface area (Å²) in [5.74, 6) is 1.66. The molecule has 1 aliphatic carbocycles. The Labute approximate surface area is 80.8 Å². The summed E-state index contributed by atoms with van der Waals surface area (Å²) in [7, 11) is 0. The zero-order chi connectivity index (χ0) is 9.31. The van der Waals surface area contributed by atoms with Crippen LogP contribution in [0.4, 0.5) is 0 Å². The van der Waals surface area contributed by atoms with Crippen LogP contribution in [0.5, 0.6) is 0 Å². The van der Waals surface area contributed by atoms with Gasteiger partial charge in [0.05, 0.1) is 0 Å². The van der Waals surface area contributed by atoms with Crippen molar-refractivity contribution in [2.45, 2.75) is 44.6 Å². The lowest BCUT2D eigenvalue weighted by Crippen LogP contribution is -2.26. The standard InChI is InChI=1S/C11H21NO/c1-9-8-11(9,12)5-2-10-3-6-13-7-4-10/h9-10H,2-8,12H2,1H3. The summed E-state index contributed by atoms with van der Waals surface area (Å²) < 4.78 is 5.34. The van der Waals surface area contributed by atoms with Crippen molar-refractivity contribution in [2.75, 3.05) is 13.2 Å². The quantitative estimate of drug-likeness (QED) is 0.725. The monoisotopic (exact) mass is 183 g/mol. The molecule has 0 spiro atoms. The first-order chi connectivity index (χ1) is 6.21. The summed E-state index contributed by atoms with van der Waals surface area (Å²) >= 11 is 0. The van der Waals surface area contributed by atoms with E-state index in [1.165, 1.54) is 32.1 Å². The molecule has 0 bridgehead atoms. The smallest absolute Gasteiger partial charge is 0.0468 e. The van der Waals surface area contributed by atoms with Crippen molar-refractivity contribution in [1.82, 2.24) is 0 Å². The third-order valence-electron chi connectivity index (χ3n) is 3.87. The van der Waals surface area contributed by atoms with E-state index >= 15 is 0 Å². The lowest BCUT2D eigenvalue weighted by Gasteiger charge is -2.23. The highest BCUT2D eigenvalue weighted by Gasteiger charge is 2.46. The predicted octanol–water partition coefficient (Wildman–Crippen LogP) is 1.93. The second kappa shape index (κ2) is 3.58. The van der Waals surface area contributed by atoms with E-state index in [9.17, 15) is 0 Å². The topological polar surface area (TPSA) is 35.2 Å². The van der Waals surface area contributed by atoms with Crippen molar-refractivity contribution in [2.24, 2.45) is 17.6 Å². The van der Waals surface area contributed by atoms with Gasteiger partial charge in [0.1, 0.15) is 0 Å². The molecule has 1 saturated carbocycles. The van der Waals surface area contributed by atoms with Gasteiger partial charge in [-0.15, -0.1) is 0 Å². The van der Waals surface area contributed by atoms with Crippen molar-refractivity contribution < 1.29 is 4.74 Å². The second-order valence-corrected chi connectivity index (χ2v) is 4.93. The van der Waals surface area contributed by atoms with Crippen LogP contribution in [0, 0.1) is 11.8 Å². The van der Waals surface area contributed by atoms with Crippen molar-refractivity contribution in [1.29, 1.82) is 0 Å². The van der Waals surface area contributed by atoms with Crippen LogP contribution in [0.25, 0.3) is 0 Å². The van der Waals surface area contributed by atoms with Crippen LogP contribution in [-0.4, -0.2) is 18.8 Å². The average molecular weight is 183 g/mol. The maximum atomic E-state index is 6.18. The molecule has 0 aromatic heterocycles. The molecule has 2 heteroatoms. The zero-order valence-corrected chi connectivity index (χ0v) is 8.59. The Morgan fingerprint density at radius 1 is 1.38 bits per heavy atom. The Balaban J connectivity index is 1.67. The van der Waals surface area contributed by atoms with Crippen molar-refractivity contribution in [3.63, 3.8) is 0 Å². The van der Waals surface area contributed by atoms with Crippen LogP contribution >= 0.6 is 0 Å². The number of nitrogens with two attached hydrogens (primary N) is 1. The normalized spacial score (nSPS) is 40.6. The van der Waals surface area contributed by atoms with Crippen LogP contribution in [0.1, 0.15) is 39.0 Å². The lowest BCUT2D eigenvalue weighted by atomic mass is 9.92. The Bertz CT molecular complexity index is 177. The summed E-state index contributed by atoms with van der Waals surface area (Å²) in [5.41, 5.74) is 6.40. The fourth-order valence-electron chi connectivity index (χ4n) is 2.37. The summed E-state index contributed by atoms with van der Waals surface area (Å²) in [6.45, 7) is 4.21. The minimum absolute atomic E-state index is 0.221. The molecule has 76 valence electrons. The Morgan fingerprint density at radius 2 is 2.00 bits per heavy atom. The molecule has 2 N–H and O–H groups in total. The minimum Gasteiger partial charge on any atom is -0.381 e. The molecule has 2 rings (SSSR count). The van der Waals surface area contributed by atoms with Crippen LogP contribution in [0.15, 0.2) is 0 Å². The Morgan fingerprint density at radius 3 is 2.54 bits per heavy atom. The first kappa shape index (κ1) is 9.47. The molecule has 2 atom stereocenters. The molecular weight excluding hydrogens is 162 g/mol. The number of hydrogen-bond acceptors (Lipinski definition) is 2. The Kier molecular flexibility index (Phi) is 2.61. The van der Waals surface area contributed by atoms with Gasteiger partial charge in [-0.3, -0.25) is 0 Å². The molecular formula is C11H21NO. The van der Waals surface area contributed by atoms with E-state index in [0.29, 0.717) is 0 Å². The minimum atomic E-state index is 0.221. The maximum Gasteiger partial charge on any atom is 0.0468 e. The van der Waals surface area contributed by atoms with E-state index in [1.54, 1.807) is 0 Å². The molecule has 13 heavy (non-hydrogen) atoms. The fourth-order valence-corrected chi connectivity index (χ4v) is 2.37. The molecule has 2 aliphatic rings. The van der Waals surface area contributed by atoms with E-state index < -0.39 is 0 Å². The highest BCUT2D eigenvalue weighted by molar-refractivity contribution is 5.05. The lowest BCUT2D eigenvalue weighted by molar-refractivity contribution is 0.0623. The molecule has 2 nitrogen and oxygen atoms in total. The van der Waals surface area contributed by atoms with Gasteiger partial charge < -0.3 is 10.5 Å². The van der Waals surface area contributed by atoms with Gasteiger partial charge in [0, 0.05) is 18.8 Å². The SMILES string of the molecule is CC1CC1(N)CCC1CCOCC1. The van der Waals surface area contributed by atoms with E-state index in [-0.39, 0.29) is 5.54 Å². The zero-order valence-electron chi connectivity index (χ0n) is 8.59. The van der Waals surface area contributed by atoms with Gasteiger partial charge in [-0.05, 0) is 43.9 Å². The van der Waals surface area contributed by atoms with Gasteiger partial charge in [0.15, 0.2) is 0 Å². The molecule has 0 aromatic rings. The second-order valence-electron chi connectivity index (χ2n) is 4.93. The van der Waals surface area contributed by atoms with E-state index in [4.69, 9.17) is 10.5 Å². The number of rotatable bonds is 3. The summed E-state index contributed by atoms with van der Waals surface area (Å²) in [4.78, 5) is 0. The highest BCUT2D eigenvalue weighted by atomic mass is 16.5. The van der Waals surface area contributed by atoms with Gasteiger partial charge in [-0.1, -0.05) is 6.92 Å². The summed E-state index contributed by atoms with van der Waals surface area (Å²) in [6.07, 6.45) is 6.31. The van der Waals surface area contributed by atoms with Crippen LogP contribution < -0.4 is 5.73 Å². The van der Waals surface area contributed by atoms with Gasteiger partial charge in [-0.2, -0.15) is 0 Å². The van der Waals surface area contributed by atoms with E-state index in [2.05, 4.69) is 6.92 Å². The third-order valence-corrected chi connectivity index (χ3v) is 3.87. The maximum absolute atomic E-state index is 6.18. The van der Waals surface area contributed by atoms with Gasteiger partial charge in [-0.25, -0.2) is 0 Å². The predicted molar refractivity (Wildman–Crippen MR) is 53.5 cm³/mol. The largest absolute Gasteiger partial charge is 0.381 e. The fraction of sp³-hybridized carbons (Fsp3) is 1.00. The van der Waals surface area contributed by atoms with Crippen molar-refractivity contribution >= 4 is 0 Å². The summed E-state index contributed by atoms with van der Waals surface area (Å²) in [6, 6.07) is 0. The average Bonchev–Trinajstić information content (AvgIpc) is 2.74. The number of hydrogen-bond donors (Lipinski definition) is 1. The van der Waals surface area contributed by atoms with Gasteiger partial charge in [0.2, 0.25) is 0 Å². The molecule has 0 amide bonds. The van der Waals surface area contributed by atoms with Crippen molar-refractivity contribution in [3.05, 3.63) is 0 Å². The highest BCUT2D eigenvalue weighted by Crippen LogP contribution is 2.45. The molecule has 1 aliphatic heterocycles. The van der Waals surface area contributed by atoms with Crippen LogP contribution in [0.2, 0.25) is 0 Å². The molecule has 1 heterocycles. The van der Waals surface area contributed by atoms with Crippen LogP contribution in [0.3, 0.4) is 0 Å². The van der Waals surface area contributed by atoms with Crippen molar-refractivity contribution in [3.8, 4) is 0 Å². The molecule has 2 fully saturated rings. The molecule has 0 radical (unpaired) electrons. The van der Waals surface area contributed by atoms with Gasteiger partial charge >= 0.3 is 0 Å². The molecule has 1 saturated heterocycles. The molecule has 2 unspecified atom stereocenters.